The van der Waals surface area contributed by atoms with E-state index in [-0.39, 0.29) is 17.6 Å². The minimum atomic E-state index is -0.289. The molecular formula is C24H25FN4O. The zero-order valence-electron chi connectivity index (χ0n) is 17.2. The minimum Gasteiger partial charge on any atom is -0.356 e. The van der Waals surface area contributed by atoms with Gasteiger partial charge in [0.15, 0.2) is 0 Å². The van der Waals surface area contributed by atoms with Gasteiger partial charge < -0.3 is 10.2 Å². The second-order valence-electron chi connectivity index (χ2n) is 7.90. The zero-order valence-corrected chi connectivity index (χ0v) is 17.2. The van der Waals surface area contributed by atoms with E-state index in [2.05, 4.69) is 26.3 Å². The van der Waals surface area contributed by atoms with Crippen molar-refractivity contribution in [3.8, 4) is 11.3 Å². The fourth-order valence-electron chi connectivity index (χ4n) is 3.99. The number of hydrogen-bond donors (Lipinski definition) is 1. The molecule has 1 aliphatic heterocycles. The third kappa shape index (κ3) is 4.64. The summed E-state index contributed by atoms with van der Waals surface area (Å²) in [5, 5.41) is 3.07. The average Bonchev–Trinajstić information content (AvgIpc) is 2.73. The molecule has 0 bridgehead atoms. The Morgan fingerprint density at radius 3 is 2.47 bits per heavy atom. The van der Waals surface area contributed by atoms with Crippen molar-refractivity contribution >= 4 is 17.4 Å². The maximum atomic E-state index is 13.5. The molecule has 1 aromatic heterocycles. The summed E-state index contributed by atoms with van der Waals surface area (Å²) in [6, 6.07) is 14.3. The average molecular weight is 404 g/mol. The molecule has 6 heteroatoms. The second kappa shape index (κ2) is 8.61. The van der Waals surface area contributed by atoms with Crippen molar-refractivity contribution in [3.05, 3.63) is 71.8 Å². The van der Waals surface area contributed by atoms with E-state index in [1.807, 2.05) is 38.1 Å². The van der Waals surface area contributed by atoms with Gasteiger partial charge >= 0.3 is 0 Å². The number of piperidine rings is 1. The lowest BCUT2D eigenvalue weighted by atomic mass is 9.95. The Morgan fingerprint density at radius 1 is 1.03 bits per heavy atom. The van der Waals surface area contributed by atoms with Crippen LogP contribution < -0.4 is 10.2 Å². The van der Waals surface area contributed by atoms with Crippen LogP contribution in [0.5, 0.6) is 0 Å². The van der Waals surface area contributed by atoms with Gasteiger partial charge in [0.1, 0.15) is 18.0 Å². The van der Waals surface area contributed by atoms with E-state index in [4.69, 9.17) is 0 Å². The number of benzene rings is 2. The lowest BCUT2D eigenvalue weighted by molar-refractivity contribution is -0.120. The summed E-state index contributed by atoms with van der Waals surface area (Å²) in [5.74, 6) is 0.565. The van der Waals surface area contributed by atoms with Crippen LogP contribution in [-0.4, -0.2) is 29.0 Å². The SMILES string of the molecule is Cc1cc(C)cc(NC(=O)C2CCN(c3cc(-c4cccc(F)c4)ncn3)CC2)c1. The van der Waals surface area contributed by atoms with Gasteiger partial charge in [0.05, 0.1) is 5.69 Å². The Kier molecular flexibility index (Phi) is 5.74. The van der Waals surface area contributed by atoms with Crippen LogP contribution in [0.3, 0.4) is 0 Å². The number of carbonyl (C=O) groups excluding carboxylic acids is 1. The Labute approximate surface area is 176 Å². The van der Waals surface area contributed by atoms with Gasteiger partial charge in [0.2, 0.25) is 5.91 Å². The van der Waals surface area contributed by atoms with Gasteiger partial charge in [-0.3, -0.25) is 4.79 Å². The first-order valence-electron chi connectivity index (χ1n) is 10.2. The summed E-state index contributed by atoms with van der Waals surface area (Å²) in [5.41, 5.74) is 4.54. The van der Waals surface area contributed by atoms with Gasteiger partial charge in [-0.1, -0.05) is 18.2 Å². The van der Waals surface area contributed by atoms with Crippen LogP contribution in [0.2, 0.25) is 0 Å². The molecule has 5 nitrogen and oxygen atoms in total. The lowest BCUT2D eigenvalue weighted by Gasteiger charge is -2.32. The monoisotopic (exact) mass is 404 g/mol. The summed E-state index contributed by atoms with van der Waals surface area (Å²) in [6.45, 7) is 5.54. The van der Waals surface area contributed by atoms with Crippen LogP contribution in [0, 0.1) is 25.6 Å². The van der Waals surface area contributed by atoms with Gasteiger partial charge in [-0.15, -0.1) is 0 Å². The zero-order chi connectivity index (χ0) is 21.1. The summed E-state index contributed by atoms with van der Waals surface area (Å²) in [6.07, 6.45) is 3.03. The van der Waals surface area contributed by atoms with E-state index in [0.29, 0.717) is 5.69 Å². The molecule has 2 heterocycles. The first kappa shape index (κ1) is 20.0. The largest absolute Gasteiger partial charge is 0.356 e. The maximum Gasteiger partial charge on any atom is 0.227 e. The molecule has 1 N–H and O–H groups in total. The van der Waals surface area contributed by atoms with E-state index in [0.717, 1.165) is 54.1 Å². The van der Waals surface area contributed by atoms with Crippen molar-refractivity contribution in [2.45, 2.75) is 26.7 Å². The van der Waals surface area contributed by atoms with Gasteiger partial charge in [-0.05, 0) is 62.1 Å². The van der Waals surface area contributed by atoms with Gasteiger partial charge in [-0.2, -0.15) is 0 Å². The fraction of sp³-hybridized carbons (Fsp3) is 0.292. The highest BCUT2D eigenvalue weighted by molar-refractivity contribution is 5.92. The van der Waals surface area contributed by atoms with Crippen LogP contribution in [-0.2, 0) is 4.79 Å². The van der Waals surface area contributed by atoms with Crippen molar-refractivity contribution in [1.82, 2.24) is 9.97 Å². The highest BCUT2D eigenvalue weighted by Gasteiger charge is 2.26. The van der Waals surface area contributed by atoms with Gasteiger partial charge in [-0.25, -0.2) is 14.4 Å². The maximum absolute atomic E-state index is 13.5. The number of hydrogen-bond acceptors (Lipinski definition) is 4. The molecule has 1 saturated heterocycles. The van der Waals surface area contributed by atoms with Crippen molar-refractivity contribution < 1.29 is 9.18 Å². The number of nitrogens with one attached hydrogen (secondary N) is 1. The van der Waals surface area contributed by atoms with Crippen molar-refractivity contribution in [2.75, 3.05) is 23.3 Å². The number of aromatic nitrogens is 2. The fourth-order valence-corrected chi connectivity index (χ4v) is 3.99. The summed E-state index contributed by atoms with van der Waals surface area (Å²) >= 11 is 0. The number of halogens is 1. The molecular weight excluding hydrogens is 379 g/mol. The molecule has 0 atom stereocenters. The molecule has 0 spiro atoms. The van der Waals surface area contributed by atoms with E-state index in [1.165, 1.54) is 18.5 Å². The Bertz CT molecular complexity index is 1040. The Balaban J connectivity index is 1.40. The molecule has 0 saturated carbocycles. The number of nitrogens with zero attached hydrogens (tertiary/aromatic N) is 3. The Hall–Kier alpha value is -3.28. The molecule has 1 fully saturated rings. The standard InChI is InChI=1S/C24H25FN4O/c1-16-10-17(2)12-21(11-16)28-24(30)18-6-8-29(9-7-18)23-14-22(26-15-27-23)19-4-3-5-20(25)13-19/h3-5,10-15,18H,6-9H2,1-2H3,(H,28,30). The highest BCUT2D eigenvalue weighted by Crippen LogP contribution is 2.26. The number of rotatable bonds is 4. The predicted molar refractivity (Wildman–Crippen MR) is 117 cm³/mol. The number of anilines is 2. The lowest BCUT2D eigenvalue weighted by Crippen LogP contribution is -2.38. The molecule has 1 amide bonds. The van der Waals surface area contributed by atoms with Crippen molar-refractivity contribution in [3.63, 3.8) is 0 Å². The first-order valence-corrected chi connectivity index (χ1v) is 10.2. The summed E-state index contributed by atoms with van der Waals surface area (Å²) < 4.78 is 13.5. The number of aryl methyl sites for hydroxylation is 2. The van der Waals surface area contributed by atoms with E-state index in [9.17, 15) is 9.18 Å². The van der Waals surface area contributed by atoms with Crippen molar-refractivity contribution in [2.24, 2.45) is 5.92 Å². The summed E-state index contributed by atoms with van der Waals surface area (Å²) in [7, 11) is 0. The molecule has 3 aromatic rings. The topological polar surface area (TPSA) is 58.1 Å². The van der Waals surface area contributed by atoms with Gasteiger partial charge in [0, 0.05) is 36.3 Å². The highest BCUT2D eigenvalue weighted by atomic mass is 19.1. The summed E-state index contributed by atoms with van der Waals surface area (Å²) in [4.78, 5) is 23.5. The van der Waals surface area contributed by atoms with Crippen LogP contribution in [0.1, 0.15) is 24.0 Å². The molecule has 30 heavy (non-hydrogen) atoms. The normalized spacial score (nSPS) is 14.6. The van der Waals surface area contributed by atoms with E-state index >= 15 is 0 Å². The van der Waals surface area contributed by atoms with Crippen molar-refractivity contribution in [1.29, 1.82) is 0 Å². The first-order chi connectivity index (χ1) is 14.5. The second-order valence-corrected chi connectivity index (χ2v) is 7.90. The third-order valence-electron chi connectivity index (χ3n) is 5.45. The molecule has 2 aromatic carbocycles. The minimum absolute atomic E-state index is 0.0217. The van der Waals surface area contributed by atoms with E-state index in [1.54, 1.807) is 6.07 Å². The van der Waals surface area contributed by atoms with E-state index < -0.39 is 0 Å². The molecule has 0 radical (unpaired) electrons. The molecule has 154 valence electrons. The quantitative estimate of drug-likeness (QED) is 0.681. The molecule has 1 aliphatic rings. The number of carbonyl (C=O) groups is 1. The van der Waals surface area contributed by atoms with Crippen LogP contribution in [0.25, 0.3) is 11.3 Å². The molecule has 0 aliphatic carbocycles. The molecule has 0 unspecified atom stereocenters. The van der Waals surface area contributed by atoms with Crippen LogP contribution >= 0.6 is 0 Å². The van der Waals surface area contributed by atoms with Crippen LogP contribution in [0.4, 0.5) is 15.9 Å². The third-order valence-corrected chi connectivity index (χ3v) is 5.45. The molecule has 4 rings (SSSR count). The Morgan fingerprint density at radius 2 is 1.77 bits per heavy atom. The van der Waals surface area contributed by atoms with Gasteiger partial charge in [0.25, 0.3) is 0 Å². The predicted octanol–water partition coefficient (Wildman–Crippen LogP) is 4.75. The number of amides is 1. The van der Waals surface area contributed by atoms with Crippen LogP contribution in [0.15, 0.2) is 54.9 Å². The smallest absolute Gasteiger partial charge is 0.227 e.